The number of aliphatic hydroxyl groups is 2. The largest absolute Gasteiger partial charge is 0.512 e. The van der Waals surface area contributed by atoms with Gasteiger partial charge in [-0.2, -0.15) is 0 Å². The van der Waals surface area contributed by atoms with E-state index in [0.717, 1.165) is 4.90 Å². The van der Waals surface area contributed by atoms with Crippen molar-refractivity contribution in [1.82, 2.24) is 10.2 Å². The van der Waals surface area contributed by atoms with Crippen LogP contribution in [0.15, 0.2) is 24.0 Å². The lowest BCUT2D eigenvalue weighted by molar-refractivity contribution is -0.151. The van der Waals surface area contributed by atoms with Gasteiger partial charge < -0.3 is 15.1 Å². The van der Waals surface area contributed by atoms with Crippen LogP contribution in [-0.2, 0) is 14.4 Å². The van der Waals surface area contributed by atoms with Crippen molar-refractivity contribution < 1.29 is 24.6 Å². The molecule has 0 aromatic carbocycles. The van der Waals surface area contributed by atoms with Gasteiger partial charge in [0, 0.05) is 6.42 Å². The molecule has 0 radical (unpaired) electrons. The van der Waals surface area contributed by atoms with E-state index in [-0.39, 0.29) is 24.5 Å². The highest BCUT2D eigenvalue weighted by molar-refractivity contribution is 6.02. The molecule has 1 aliphatic carbocycles. The zero-order chi connectivity index (χ0) is 14.4. The molecule has 0 saturated carbocycles. The minimum atomic E-state index is -1.27. The summed E-state index contributed by atoms with van der Waals surface area (Å²) in [4.78, 5) is 36.4. The topological polar surface area (TPSA) is 107 Å². The summed E-state index contributed by atoms with van der Waals surface area (Å²) in [5.41, 5.74) is 0. The lowest BCUT2D eigenvalue weighted by atomic mass is 9.89. The van der Waals surface area contributed by atoms with E-state index in [9.17, 15) is 24.6 Å². The number of allylic oxidation sites excluding steroid dienone is 2. The van der Waals surface area contributed by atoms with Gasteiger partial charge in [0.2, 0.25) is 17.7 Å². The maximum atomic E-state index is 12.3. The Bertz CT molecular complexity index is 553. The van der Waals surface area contributed by atoms with Gasteiger partial charge in [0.1, 0.15) is 18.0 Å². The fourth-order valence-corrected chi connectivity index (χ4v) is 3.02. The first-order chi connectivity index (χ1) is 9.50. The fraction of sp³-hybridized carbons (Fsp3) is 0.462. The third-order valence-electron chi connectivity index (χ3n) is 4.01. The maximum Gasteiger partial charge on any atom is 0.249 e. The molecule has 7 heteroatoms. The summed E-state index contributed by atoms with van der Waals surface area (Å²) in [6, 6.07) is -0.873. The van der Waals surface area contributed by atoms with Crippen LogP contribution in [0.3, 0.4) is 0 Å². The van der Waals surface area contributed by atoms with Crippen molar-refractivity contribution in [3.05, 3.63) is 24.0 Å². The summed E-state index contributed by atoms with van der Waals surface area (Å²) in [6.07, 6.45) is 3.61. The molecule has 0 spiro atoms. The third-order valence-corrected chi connectivity index (χ3v) is 4.01. The Morgan fingerprint density at radius 3 is 2.70 bits per heavy atom. The van der Waals surface area contributed by atoms with Crippen LogP contribution >= 0.6 is 0 Å². The molecule has 3 N–H and O–H groups in total. The molecule has 0 aromatic heterocycles. The van der Waals surface area contributed by atoms with E-state index in [0.29, 0.717) is 0 Å². The Morgan fingerprint density at radius 2 is 2.05 bits per heavy atom. The summed E-state index contributed by atoms with van der Waals surface area (Å²) in [6.45, 7) is 0. The van der Waals surface area contributed by atoms with Crippen LogP contribution in [0.25, 0.3) is 0 Å². The molecular formula is C13H14N2O5. The fourth-order valence-electron chi connectivity index (χ4n) is 3.02. The molecule has 106 valence electrons. The first kappa shape index (κ1) is 12.9. The molecule has 4 unspecified atom stereocenters. The Morgan fingerprint density at radius 1 is 1.30 bits per heavy atom. The number of hydrogen-bond acceptors (Lipinski definition) is 5. The highest BCUT2D eigenvalue weighted by atomic mass is 16.3. The van der Waals surface area contributed by atoms with Gasteiger partial charge in [-0.25, -0.2) is 0 Å². The predicted molar refractivity (Wildman–Crippen MR) is 65.9 cm³/mol. The predicted octanol–water partition coefficient (Wildman–Crippen LogP) is -0.804. The number of hydrogen-bond donors (Lipinski definition) is 3. The molecule has 20 heavy (non-hydrogen) atoms. The number of imide groups is 1. The Hall–Kier alpha value is -2.15. The smallest absolute Gasteiger partial charge is 0.249 e. The van der Waals surface area contributed by atoms with Gasteiger partial charge in [-0.05, 0) is 12.5 Å². The minimum absolute atomic E-state index is 0.0758. The zero-order valence-electron chi connectivity index (χ0n) is 10.5. The Kier molecular flexibility index (Phi) is 2.86. The van der Waals surface area contributed by atoms with Crippen LogP contribution in [0.4, 0.5) is 0 Å². The lowest BCUT2D eigenvalue weighted by Crippen LogP contribution is -2.55. The van der Waals surface area contributed by atoms with Crippen LogP contribution in [0.1, 0.15) is 12.8 Å². The van der Waals surface area contributed by atoms with Gasteiger partial charge in [0.15, 0.2) is 0 Å². The third kappa shape index (κ3) is 1.74. The number of rotatable bonds is 1. The molecule has 0 bridgehead atoms. The molecular weight excluding hydrogens is 264 g/mol. The van der Waals surface area contributed by atoms with Crippen LogP contribution in [0, 0.1) is 11.8 Å². The van der Waals surface area contributed by atoms with Crippen molar-refractivity contribution in [1.29, 1.82) is 0 Å². The van der Waals surface area contributed by atoms with Crippen molar-refractivity contribution in [2.75, 3.05) is 0 Å². The first-order valence-corrected chi connectivity index (χ1v) is 6.42. The van der Waals surface area contributed by atoms with E-state index >= 15 is 0 Å². The monoisotopic (exact) mass is 278 g/mol. The number of fused-ring (bicyclic) bond motifs is 1. The Labute approximate surface area is 114 Å². The van der Waals surface area contributed by atoms with E-state index < -0.39 is 35.9 Å². The van der Waals surface area contributed by atoms with Crippen LogP contribution in [-0.4, -0.2) is 45.1 Å². The molecule has 2 heterocycles. The van der Waals surface area contributed by atoms with Crippen LogP contribution < -0.4 is 5.32 Å². The maximum absolute atomic E-state index is 12.3. The Balaban J connectivity index is 1.89. The average Bonchev–Trinajstić information content (AvgIpc) is 2.64. The van der Waals surface area contributed by atoms with E-state index in [1.807, 2.05) is 0 Å². The molecule has 2 saturated heterocycles. The van der Waals surface area contributed by atoms with Gasteiger partial charge >= 0.3 is 0 Å². The molecule has 2 aliphatic heterocycles. The van der Waals surface area contributed by atoms with Crippen molar-refractivity contribution >= 4 is 17.7 Å². The number of carbonyl (C=O) groups excluding carboxylic acids is 3. The zero-order valence-corrected chi connectivity index (χ0v) is 10.5. The SMILES string of the molecule is O=C1CCC(N2C(=O)C3C=CC=C(O)C3C2O)C(=O)N1. The lowest BCUT2D eigenvalue weighted by Gasteiger charge is -2.32. The van der Waals surface area contributed by atoms with Crippen molar-refractivity contribution in [2.45, 2.75) is 25.1 Å². The first-order valence-electron chi connectivity index (χ1n) is 6.42. The van der Waals surface area contributed by atoms with E-state index in [1.54, 1.807) is 12.2 Å². The quantitative estimate of drug-likeness (QED) is 0.544. The highest BCUT2D eigenvalue weighted by Crippen LogP contribution is 2.39. The van der Waals surface area contributed by atoms with Gasteiger partial charge in [-0.15, -0.1) is 0 Å². The number of aliphatic hydroxyl groups excluding tert-OH is 2. The number of carbonyl (C=O) groups is 3. The van der Waals surface area contributed by atoms with Crippen LogP contribution in [0.2, 0.25) is 0 Å². The van der Waals surface area contributed by atoms with E-state index in [4.69, 9.17) is 0 Å². The molecule has 3 amide bonds. The minimum Gasteiger partial charge on any atom is -0.512 e. The van der Waals surface area contributed by atoms with Gasteiger partial charge in [-0.1, -0.05) is 12.2 Å². The summed E-state index contributed by atoms with van der Waals surface area (Å²) in [5, 5.41) is 22.2. The molecule has 3 aliphatic rings. The molecule has 2 fully saturated rings. The molecule has 7 nitrogen and oxygen atoms in total. The normalized spacial score (nSPS) is 36.8. The summed E-state index contributed by atoms with van der Waals surface area (Å²) in [7, 11) is 0. The molecule has 4 atom stereocenters. The van der Waals surface area contributed by atoms with Crippen LogP contribution in [0.5, 0.6) is 0 Å². The highest BCUT2D eigenvalue weighted by Gasteiger charge is 2.53. The van der Waals surface area contributed by atoms with Gasteiger partial charge in [0.25, 0.3) is 0 Å². The average molecular weight is 278 g/mol. The second kappa shape index (κ2) is 4.45. The van der Waals surface area contributed by atoms with E-state index in [2.05, 4.69) is 5.32 Å². The molecule has 3 rings (SSSR count). The second-order valence-corrected chi connectivity index (χ2v) is 5.15. The van der Waals surface area contributed by atoms with E-state index in [1.165, 1.54) is 6.08 Å². The van der Waals surface area contributed by atoms with Crippen molar-refractivity contribution in [3.63, 3.8) is 0 Å². The van der Waals surface area contributed by atoms with Crippen molar-refractivity contribution in [2.24, 2.45) is 11.8 Å². The van der Waals surface area contributed by atoms with Gasteiger partial charge in [-0.3, -0.25) is 19.7 Å². The summed E-state index contributed by atoms with van der Waals surface area (Å²) >= 11 is 0. The number of piperidine rings is 1. The van der Waals surface area contributed by atoms with Gasteiger partial charge in [0.05, 0.1) is 11.8 Å². The molecule has 0 aromatic rings. The number of nitrogens with one attached hydrogen (secondary N) is 1. The second-order valence-electron chi connectivity index (χ2n) is 5.15. The number of nitrogens with zero attached hydrogens (tertiary/aromatic N) is 1. The summed E-state index contributed by atoms with van der Waals surface area (Å²) < 4.78 is 0. The standard InChI is InChI=1S/C13H14N2O5/c16-8-3-1-2-6-10(8)13(20)15(12(6)19)7-4-5-9(17)14-11(7)18/h1-3,6-7,10,13,16,20H,4-5H2,(H,14,17,18). The number of likely N-dealkylation sites (tertiary alicyclic amines) is 1. The number of amides is 3. The van der Waals surface area contributed by atoms with Crippen molar-refractivity contribution in [3.8, 4) is 0 Å². The summed E-state index contributed by atoms with van der Waals surface area (Å²) in [5.74, 6) is -2.87.